The fraction of sp³-hybridized carbons (Fsp3) is 0.364. The number of fused-ring (bicyclic) bond motifs is 1. The molecule has 92 valence electrons. The Labute approximate surface area is 103 Å². The largest absolute Gasteiger partial charge is 0.486 e. The van der Waals surface area contributed by atoms with Gasteiger partial charge < -0.3 is 19.3 Å². The highest BCUT2D eigenvalue weighted by atomic mass is 35.5. The molecule has 1 aliphatic heterocycles. The van der Waals surface area contributed by atoms with E-state index in [1.54, 1.807) is 12.1 Å². The molecule has 1 aromatic carbocycles. The maximum atomic E-state index is 10.3. The van der Waals surface area contributed by atoms with E-state index in [1.807, 2.05) is 0 Å². The van der Waals surface area contributed by atoms with Gasteiger partial charge >= 0.3 is 5.97 Å². The van der Waals surface area contributed by atoms with Gasteiger partial charge in [0, 0.05) is 0 Å². The normalized spacial score (nSPS) is 13.5. The summed E-state index contributed by atoms with van der Waals surface area (Å²) in [5, 5.41) is 8.88. The minimum absolute atomic E-state index is 0.169. The van der Waals surface area contributed by atoms with Crippen LogP contribution in [0.4, 0.5) is 0 Å². The zero-order chi connectivity index (χ0) is 12.3. The molecule has 1 N–H and O–H groups in total. The Kier molecular flexibility index (Phi) is 3.71. The van der Waals surface area contributed by atoms with Crippen molar-refractivity contribution in [1.29, 1.82) is 0 Å². The van der Waals surface area contributed by atoms with Crippen molar-refractivity contribution >= 4 is 17.6 Å². The molecule has 6 heteroatoms. The van der Waals surface area contributed by atoms with E-state index < -0.39 is 5.97 Å². The zero-order valence-corrected chi connectivity index (χ0v) is 9.70. The average Bonchev–Trinajstić information content (AvgIpc) is 2.28. The van der Waals surface area contributed by atoms with Gasteiger partial charge in [-0.15, -0.1) is 0 Å². The highest BCUT2D eigenvalue weighted by molar-refractivity contribution is 6.32. The van der Waals surface area contributed by atoms with Crippen molar-refractivity contribution in [2.75, 3.05) is 19.8 Å². The van der Waals surface area contributed by atoms with Gasteiger partial charge in [-0.05, 0) is 17.7 Å². The lowest BCUT2D eigenvalue weighted by Gasteiger charge is -2.20. The third kappa shape index (κ3) is 3.01. The Morgan fingerprint density at radius 3 is 2.94 bits per heavy atom. The number of hydrogen-bond acceptors (Lipinski definition) is 4. The number of aliphatic carboxylic acids is 1. The van der Waals surface area contributed by atoms with Crippen molar-refractivity contribution in [3.8, 4) is 11.5 Å². The smallest absolute Gasteiger partial charge is 0.329 e. The molecule has 0 atom stereocenters. The van der Waals surface area contributed by atoms with E-state index in [9.17, 15) is 4.79 Å². The van der Waals surface area contributed by atoms with Gasteiger partial charge in [-0.3, -0.25) is 0 Å². The zero-order valence-electron chi connectivity index (χ0n) is 8.94. The lowest BCUT2D eigenvalue weighted by molar-refractivity contribution is -0.142. The van der Waals surface area contributed by atoms with Gasteiger partial charge in [0.1, 0.15) is 19.8 Å². The topological polar surface area (TPSA) is 65.0 Å². The fourth-order valence-corrected chi connectivity index (χ4v) is 1.79. The molecule has 2 rings (SSSR count). The summed E-state index contributed by atoms with van der Waals surface area (Å²) in [7, 11) is 0. The second kappa shape index (κ2) is 5.25. The van der Waals surface area contributed by atoms with Crippen LogP contribution in [-0.4, -0.2) is 30.9 Å². The van der Waals surface area contributed by atoms with Crippen molar-refractivity contribution in [3.05, 3.63) is 22.7 Å². The third-order valence-electron chi connectivity index (χ3n) is 2.15. The van der Waals surface area contributed by atoms with Gasteiger partial charge in [0.05, 0.1) is 11.6 Å². The molecule has 0 aliphatic carbocycles. The molecule has 1 heterocycles. The van der Waals surface area contributed by atoms with Crippen LogP contribution in [0.1, 0.15) is 5.56 Å². The van der Waals surface area contributed by atoms with E-state index >= 15 is 0 Å². The molecule has 0 saturated heterocycles. The van der Waals surface area contributed by atoms with Gasteiger partial charge in [0.15, 0.2) is 11.5 Å². The molecule has 0 fully saturated rings. The number of ether oxygens (including phenoxy) is 3. The minimum Gasteiger partial charge on any atom is -0.486 e. The first kappa shape index (κ1) is 12.0. The fourth-order valence-electron chi connectivity index (χ4n) is 1.50. The Morgan fingerprint density at radius 1 is 1.41 bits per heavy atom. The molecule has 0 bridgehead atoms. The lowest BCUT2D eigenvalue weighted by Crippen LogP contribution is -2.16. The van der Waals surface area contributed by atoms with Crippen LogP contribution in [0.15, 0.2) is 12.1 Å². The highest BCUT2D eigenvalue weighted by Crippen LogP contribution is 2.38. The summed E-state index contributed by atoms with van der Waals surface area (Å²) >= 11 is 6.01. The number of carboxylic acid groups (broad SMARTS) is 1. The molecule has 1 aromatic rings. The van der Waals surface area contributed by atoms with Crippen molar-refractivity contribution < 1.29 is 24.1 Å². The molecule has 0 aromatic heterocycles. The summed E-state index contributed by atoms with van der Waals surface area (Å²) < 4.78 is 15.7. The Morgan fingerprint density at radius 2 is 2.18 bits per heavy atom. The molecule has 0 radical (unpaired) electrons. The third-order valence-corrected chi connectivity index (χ3v) is 2.43. The van der Waals surface area contributed by atoms with Crippen molar-refractivity contribution in [2.45, 2.75) is 6.61 Å². The molecule has 5 nitrogen and oxygen atoms in total. The van der Waals surface area contributed by atoms with Crippen LogP contribution in [0.5, 0.6) is 11.5 Å². The monoisotopic (exact) mass is 258 g/mol. The molecular formula is C11H11ClO5. The number of carbonyl (C=O) groups is 1. The maximum Gasteiger partial charge on any atom is 0.329 e. The predicted octanol–water partition coefficient (Wildman–Crippen LogP) is 1.71. The number of rotatable bonds is 4. The van der Waals surface area contributed by atoms with E-state index in [2.05, 4.69) is 0 Å². The van der Waals surface area contributed by atoms with Crippen LogP contribution in [0.25, 0.3) is 0 Å². The second-order valence-corrected chi connectivity index (χ2v) is 3.90. The standard InChI is InChI=1S/C11H11ClO5/c12-8-3-7(5-15-6-10(13)14)4-9-11(8)17-2-1-16-9/h3-4H,1-2,5-6H2,(H,13,14). The van der Waals surface area contributed by atoms with Gasteiger partial charge in [0.2, 0.25) is 0 Å². The van der Waals surface area contributed by atoms with E-state index in [-0.39, 0.29) is 13.2 Å². The number of benzene rings is 1. The molecule has 17 heavy (non-hydrogen) atoms. The summed E-state index contributed by atoms with van der Waals surface area (Å²) in [6, 6.07) is 3.42. The number of halogens is 1. The van der Waals surface area contributed by atoms with E-state index in [4.69, 9.17) is 30.9 Å². The quantitative estimate of drug-likeness (QED) is 0.891. The van der Waals surface area contributed by atoms with Gasteiger partial charge in [0.25, 0.3) is 0 Å². The molecule has 0 amide bonds. The van der Waals surface area contributed by atoms with Crippen molar-refractivity contribution in [1.82, 2.24) is 0 Å². The van der Waals surface area contributed by atoms with Crippen molar-refractivity contribution in [3.63, 3.8) is 0 Å². The number of hydrogen-bond donors (Lipinski definition) is 1. The van der Waals surface area contributed by atoms with Crippen molar-refractivity contribution in [2.24, 2.45) is 0 Å². The van der Waals surface area contributed by atoms with Crippen LogP contribution < -0.4 is 9.47 Å². The second-order valence-electron chi connectivity index (χ2n) is 3.49. The van der Waals surface area contributed by atoms with Crippen LogP contribution in [-0.2, 0) is 16.1 Å². The Balaban J connectivity index is 2.08. The van der Waals surface area contributed by atoms with Gasteiger partial charge in [-0.1, -0.05) is 11.6 Å². The van der Waals surface area contributed by atoms with Crippen LogP contribution in [0, 0.1) is 0 Å². The van der Waals surface area contributed by atoms with E-state index in [1.165, 1.54) is 0 Å². The van der Waals surface area contributed by atoms with Gasteiger partial charge in [-0.25, -0.2) is 4.79 Å². The first-order valence-corrected chi connectivity index (χ1v) is 5.42. The molecular weight excluding hydrogens is 248 g/mol. The summed E-state index contributed by atoms with van der Waals surface area (Å²) in [5.41, 5.74) is 0.750. The Hall–Kier alpha value is -1.46. The lowest BCUT2D eigenvalue weighted by atomic mass is 10.2. The summed E-state index contributed by atoms with van der Waals surface area (Å²) in [5.74, 6) is 0.0891. The molecule has 1 aliphatic rings. The number of carboxylic acids is 1. The van der Waals surface area contributed by atoms with E-state index in [0.29, 0.717) is 29.7 Å². The first-order valence-electron chi connectivity index (χ1n) is 5.04. The summed E-state index contributed by atoms with van der Waals surface area (Å²) in [6.45, 7) is 0.777. The maximum absolute atomic E-state index is 10.3. The summed E-state index contributed by atoms with van der Waals surface area (Å²) in [6.07, 6.45) is 0. The molecule has 0 saturated carbocycles. The van der Waals surface area contributed by atoms with Crippen LogP contribution >= 0.6 is 11.6 Å². The molecule has 0 unspecified atom stereocenters. The van der Waals surface area contributed by atoms with E-state index in [0.717, 1.165) is 5.56 Å². The van der Waals surface area contributed by atoms with Crippen LogP contribution in [0.2, 0.25) is 5.02 Å². The van der Waals surface area contributed by atoms with Gasteiger partial charge in [-0.2, -0.15) is 0 Å². The SMILES string of the molecule is O=C(O)COCc1cc(Cl)c2c(c1)OCCO2. The minimum atomic E-state index is -1.01. The Bertz CT molecular complexity index is 432. The average molecular weight is 259 g/mol. The molecule has 0 spiro atoms. The highest BCUT2D eigenvalue weighted by Gasteiger charge is 2.16. The first-order chi connectivity index (χ1) is 8.16. The van der Waals surface area contributed by atoms with Crippen LogP contribution in [0.3, 0.4) is 0 Å². The predicted molar refractivity (Wildman–Crippen MR) is 59.7 cm³/mol. The summed E-state index contributed by atoms with van der Waals surface area (Å²) in [4.78, 5) is 10.3.